The average molecular weight is 343 g/mol. The lowest BCUT2D eigenvalue weighted by Gasteiger charge is -2.44. The Kier molecular flexibility index (Phi) is 3.91. The lowest BCUT2D eigenvalue weighted by Crippen LogP contribution is -2.56. The highest BCUT2D eigenvalue weighted by atomic mass is 16.2. The molecule has 0 aliphatic carbocycles. The minimum absolute atomic E-state index is 0.104. The van der Waals surface area contributed by atoms with E-state index < -0.39 is 11.2 Å². The molecule has 1 unspecified atom stereocenters. The Labute approximate surface area is 144 Å². The van der Waals surface area contributed by atoms with Gasteiger partial charge in [0, 0.05) is 38.9 Å². The van der Waals surface area contributed by atoms with Crippen LogP contribution >= 0.6 is 0 Å². The van der Waals surface area contributed by atoms with Crippen LogP contribution < -0.4 is 11.2 Å². The van der Waals surface area contributed by atoms with Gasteiger partial charge >= 0.3 is 5.69 Å². The van der Waals surface area contributed by atoms with E-state index in [9.17, 15) is 14.4 Å². The van der Waals surface area contributed by atoms with Crippen molar-refractivity contribution in [3.05, 3.63) is 38.7 Å². The molecule has 0 spiro atoms. The standard InChI is InChI=1S/C17H21N5O3/c1-20-14-13(15(23)19-17(20)25)8-11(9-18-14)16(24)22-7-6-21-5-3-2-4-12(21)10-22/h8-9,12H,2-7,10H2,1H3,(H,19,23,25). The van der Waals surface area contributed by atoms with Crippen molar-refractivity contribution in [2.75, 3.05) is 26.2 Å². The molecule has 2 aromatic heterocycles. The van der Waals surface area contributed by atoms with E-state index in [1.807, 2.05) is 4.90 Å². The molecular weight excluding hydrogens is 322 g/mol. The van der Waals surface area contributed by atoms with E-state index in [2.05, 4.69) is 14.9 Å². The number of nitrogens with one attached hydrogen (secondary N) is 1. The maximum atomic E-state index is 12.9. The van der Waals surface area contributed by atoms with Crippen molar-refractivity contribution in [3.8, 4) is 0 Å². The number of piperidine rings is 1. The van der Waals surface area contributed by atoms with Gasteiger partial charge in [0.25, 0.3) is 11.5 Å². The van der Waals surface area contributed by atoms with Gasteiger partial charge in [-0.05, 0) is 25.5 Å². The van der Waals surface area contributed by atoms with E-state index in [1.54, 1.807) is 0 Å². The highest BCUT2D eigenvalue weighted by Gasteiger charge is 2.31. The van der Waals surface area contributed by atoms with Crippen LogP contribution in [0.15, 0.2) is 21.9 Å². The van der Waals surface area contributed by atoms with Crippen LogP contribution in [-0.2, 0) is 7.05 Å². The van der Waals surface area contributed by atoms with Gasteiger partial charge in [-0.1, -0.05) is 6.42 Å². The van der Waals surface area contributed by atoms with Crippen LogP contribution in [0.5, 0.6) is 0 Å². The van der Waals surface area contributed by atoms with Crippen LogP contribution in [0.2, 0.25) is 0 Å². The number of nitrogens with zero attached hydrogens (tertiary/aromatic N) is 4. The van der Waals surface area contributed by atoms with E-state index >= 15 is 0 Å². The molecule has 1 atom stereocenters. The number of aryl methyl sites for hydroxylation is 1. The fourth-order valence-electron chi connectivity index (χ4n) is 3.88. The number of aromatic amines is 1. The highest BCUT2D eigenvalue weighted by Crippen LogP contribution is 2.22. The zero-order valence-electron chi connectivity index (χ0n) is 14.2. The number of carbonyl (C=O) groups excluding carboxylic acids is 1. The van der Waals surface area contributed by atoms with Crippen LogP contribution in [0, 0.1) is 0 Å². The Morgan fingerprint density at radius 3 is 2.92 bits per heavy atom. The first-order valence-corrected chi connectivity index (χ1v) is 8.67. The zero-order valence-corrected chi connectivity index (χ0v) is 14.2. The molecule has 0 radical (unpaired) electrons. The Morgan fingerprint density at radius 2 is 2.08 bits per heavy atom. The van der Waals surface area contributed by atoms with Crippen LogP contribution in [0.1, 0.15) is 29.6 Å². The minimum atomic E-state index is -0.516. The summed E-state index contributed by atoms with van der Waals surface area (Å²) in [7, 11) is 1.54. The Balaban J connectivity index is 1.64. The van der Waals surface area contributed by atoms with Crippen LogP contribution in [-0.4, -0.2) is 62.5 Å². The molecule has 8 nitrogen and oxygen atoms in total. The number of hydrogen-bond acceptors (Lipinski definition) is 5. The summed E-state index contributed by atoms with van der Waals surface area (Å²) in [6.45, 7) is 3.43. The molecule has 0 bridgehead atoms. The molecule has 132 valence electrons. The third kappa shape index (κ3) is 2.76. The number of amides is 1. The lowest BCUT2D eigenvalue weighted by atomic mass is 9.99. The van der Waals surface area contributed by atoms with Gasteiger partial charge in [-0.15, -0.1) is 0 Å². The van der Waals surface area contributed by atoms with Gasteiger partial charge in [-0.25, -0.2) is 9.78 Å². The number of piperazine rings is 1. The van der Waals surface area contributed by atoms with Gasteiger partial charge < -0.3 is 4.90 Å². The first kappa shape index (κ1) is 16.0. The molecule has 1 N–H and O–H groups in total. The van der Waals surface area contributed by atoms with Crippen LogP contribution in [0.25, 0.3) is 11.0 Å². The maximum Gasteiger partial charge on any atom is 0.329 e. The molecular formula is C17H21N5O3. The predicted molar refractivity (Wildman–Crippen MR) is 92.7 cm³/mol. The molecule has 0 aromatic carbocycles. The minimum Gasteiger partial charge on any atom is -0.336 e. The van der Waals surface area contributed by atoms with E-state index in [0.717, 1.165) is 26.1 Å². The van der Waals surface area contributed by atoms with Crippen molar-refractivity contribution < 1.29 is 4.79 Å². The third-order valence-electron chi connectivity index (χ3n) is 5.33. The second-order valence-corrected chi connectivity index (χ2v) is 6.85. The van der Waals surface area contributed by atoms with E-state index in [4.69, 9.17) is 0 Å². The SMILES string of the molecule is Cn1c(=O)[nH]c(=O)c2cc(C(=O)N3CCN4CCCCC4C3)cnc21. The van der Waals surface area contributed by atoms with Crippen LogP contribution in [0.3, 0.4) is 0 Å². The summed E-state index contributed by atoms with van der Waals surface area (Å²) in [6.07, 6.45) is 5.03. The molecule has 25 heavy (non-hydrogen) atoms. The average Bonchev–Trinajstić information content (AvgIpc) is 2.65. The predicted octanol–water partition coefficient (Wildman–Crippen LogP) is -0.0679. The summed E-state index contributed by atoms with van der Waals surface area (Å²) in [5.74, 6) is -0.104. The Morgan fingerprint density at radius 1 is 1.24 bits per heavy atom. The number of pyridine rings is 1. The van der Waals surface area contributed by atoms with E-state index in [1.165, 1.54) is 36.7 Å². The van der Waals surface area contributed by atoms with Crippen molar-refractivity contribution in [2.45, 2.75) is 25.3 Å². The first-order chi connectivity index (χ1) is 12.0. The number of rotatable bonds is 1. The van der Waals surface area contributed by atoms with E-state index in [0.29, 0.717) is 18.2 Å². The van der Waals surface area contributed by atoms with Gasteiger partial charge in [-0.3, -0.25) is 24.0 Å². The molecule has 1 amide bonds. The summed E-state index contributed by atoms with van der Waals surface area (Å²) in [6, 6.07) is 1.97. The van der Waals surface area contributed by atoms with Gasteiger partial charge in [-0.2, -0.15) is 0 Å². The largest absolute Gasteiger partial charge is 0.336 e. The zero-order chi connectivity index (χ0) is 17.6. The lowest BCUT2D eigenvalue weighted by molar-refractivity contribution is 0.0372. The molecule has 2 aliphatic heterocycles. The highest BCUT2D eigenvalue weighted by molar-refractivity contribution is 5.96. The quantitative estimate of drug-likeness (QED) is 0.783. The molecule has 2 aromatic rings. The number of fused-ring (bicyclic) bond motifs is 2. The third-order valence-corrected chi connectivity index (χ3v) is 5.33. The summed E-state index contributed by atoms with van der Waals surface area (Å²) >= 11 is 0. The van der Waals surface area contributed by atoms with Crippen molar-refractivity contribution in [1.82, 2.24) is 24.3 Å². The molecule has 0 saturated carbocycles. The normalized spacial score (nSPS) is 21.3. The first-order valence-electron chi connectivity index (χ1n) is 8.67. The molecule has 2 fully saturated rings. The van der Waals surface area contributed by atoms with Crippen molar-refractivity contribution in [1.29, 1.82) is 0 Å². The summed E-state index contributed by atoms with van der Waals surface area (Å²) < 4.78 is 1.27. The number of H-pyrrole nitrogens is 1. The van der Waals surface area contributed by atoms with Gasteiger partial charge in [0.1, 0.15) is 5.65 Å². The monoisotopic (exact) mass is 343 g/mol. The summed E-state index contributed by atoms with van der Waals surface area (Å²) in [5.41, 5.74) is -0.363. The Hall–Kier alpha value is -2.48. The van der Waals surface area contributed by atoms with Crippen LogP contribution in [0.4, 0.5) is 0 Å². The Bertz CT molecular complexity index is 947. The number of carbonyl (C=O) groups is 1. The molecule has 4 heterocycles. The number of aromatic nitrogens is 3. The van der Waals surface area contributed by atoms with Gasteiger partial charge in [0.2, 0.25) is 0 Å². The van der Waals surface area contributed by atoms with E-state index in [-0.39, 0.29) is 16.9 Å². The molecule has 2 saturated heterocycles. The van der Waals surface area contributed by atoms with Crippen molar-refractivity contribution in [2.24, 2.45) is 7.05 Å². The second kappa shape index (κ2) is 6.11. The molecule has 4 rings (SSSR count). The van der Waals surface area contributed by atoms with Gasteiger partial charge in [0.05, 0.1) is 10.9 Å². The summed E-state index contributed by atoms with van der Waals surface area (Å²) in [4.78, 5) is 47.3. The molecule has 2 aliphatic rings. The van der Waals surface area contributed by atoms with Crippen molar-refractivity contribution >= 4 is 16.9 Å². The second-order valence-electron chi connectivity index (χ2n) is 6.85. The van der Waals surface area contributed by atoms with Crippen molar-refractivity contribution in [3.63, 3.8) is 0 Å². The topological polar surface area (TPSA) is 91.3 Å². The fraction of sp³-hybridized carbons (Fsp3) is 0.529. The fourth-order valence-corrected chi connectivity index (χ4v) is 3.88. The maximum absolute atomic E-state index is 12.9. The van der Waals surface area contributed by atoms with Gasteiger partial charge in [0.15, 0.2) is 0 Å². The number of hydrogen-bond donors (Lipinski definition) is 1. The molecule has 8 heteroatoms. The summed E-state index contributed by atoms with van der Waals surface area (Å²) in [5, 5.41) is 0.254. The smallest absolute Gasteiger partial charge is 0.329 e.